The molecule has 0 amide bonds. The predicted octanol–water partition coefficient (Wildman–Crippen LogP) is 6.02. The summed E-state index contributed by atoms with van der Waals surface area (Å²) in [6.45, 7) is 7.87. The van der Waals surface area contributed by atoms with Gasteiger partial charge in [0.1, 0.15) is 0 Å². The Labute approximate surface area is 168 Å². The first-order valence-corrected chi connectivity index (χ1v) is 9.77. The zero-order valence-corrected chi connectivity index (χ0v) is 17.3. The Morgan fingerprint density at radius 2 is 1.78 bits per heavy atom. The van der Waals surface area contributed by atoms with E-state index in [0.29, 0.717) is 11.5 Å². The fourth-order valence-electron chi connectivity index (χ4n) is 4.07. The molecule has 0 spiro atoms. The third-order valence-electron chi connectivity index (χ3n) is 5.94. The highest BCUT2D eigenvalue weighted by Crippen LogP contribution is 2.35. The molecule has 2 N–H and O–H groups in total. The molecular weight excluding hydrogens is 354 g/mol. The fourth-order valence-corrected chi connectivity index (χ4v) is 4.07. The Bertz CT molecular complexity index is 886. The van der Waals surface area contributed by atoms with Crippen LogP contribution in [0.2, 0.25) is 0 Å². The van der Waals surface area contributed by atoms with E-state index in [-0.39, 0.29) is 12.4 Å². The number of aromatic amines is 1. The smallest absolute Gasteiger partial charge is 0.0931 e. The molecule has 0 radical (unpaired) electrons. The van der Waals surface area contributed by atoms with E-state index in [1.54, 1.807) is 6.33 Å². The number of fused-ring (bicyclic) bond motifs is 1. The summed E-state index contributed by atoms with van der Waals surface area (Å²) in [6.07, 6.45) is 7.03. The van der Waals surface area contributed by atoms with Crippen LogP contribution in [-0.2, 0) is 6.54 Å². The van der Waals surface area contributed by atoms with Gasteiger partial charge in [-0.15, -0.1) is 12.4 Å². The lowest BCUT2D eigenvalue weighted by Crippen LogP contribution is -2.35. The SMILES string of the molecule is Cc1cc(-c2ccc(CNC3CCC(C)(C)CC3)cc2)cc2[nH]cnc12.Cl. The first-order chi connectivity index (χ1) is 12.5. The highest BCUT2D eigenvalue weighted by molar-refractivity contribution is 5.85. The van der Waals surface area contributed by atoms with Crippen LogP contribution in [0.3, 0.4) is 0 Å². The molecule has 1 saturated carbocycles. The molecule has 0 atom stereocenters. The molecule has 1 aliphatic carbocycles. The summed E-state index contributed by atoms with van der Waals surface area (Å²) in [7, 11) is 0. The fraction of sp³-hybridized carbons (Fsp3) is 0.435. The maximum Gasteiger partial charge on any atom is 0.0931 e. The first-order valence-electron chi connectivity index (χ1n) is 9.77. The molecule has 0 saturated heterocycles. The monoisotopic (exact) mass is 383 g/mol. The average molecular weight is 384 g/mol. The topological polar surface area (TPSA) is 40.7 Å². The van der Waals surface area contributed by atoms with Crippen LogP contribution in [0, 0.1) is 12.3 Å². The number of H-pyrrole nitrogens is 1. The molecule has 4 rings (SSSR count). The molecule has 1 aliphatic rings. The number of aryl methyl sites for hydroxylation is 1. The second-order valence-corrected chi connectivity index (χ2v) is 8.61. The van der Waals surface area contributed by atoms with E-state index in [9.17, 15) is 0 Å². The van der Waals surface area contributed by atoms with Crippen molar-refractivity contribution in [2.75, 3.05) is 0 Å². The summed E-state index contributed by atoms with van der Waals surface area (Å²) in [4.78, 5) is 7.60. The minimum atomic E-state index is 0. The molecule has 0 bridgehead atoms. The number of aromatic nitrogens is 2. The van der Waals surface area contributed by atoms with E-state index < -0.39 is 0 Å². The molecule has 2 aromatic carbocycles. The van der Waals surface area contributed by atoms with Crippen molar-refractivity contribution in [2.45, 2.75) is 59.0 Å². The van der Waals surface area contributed by atoms with Gasteiger partial charge in [-0.05, 0) is 72.4 Å². The van der Waals surface area contributed by atoms with Crippen molar-refractivity contribution < 1.29 is 0 Å². The van der Waals surface area contributed by atoms with Crippen LogP contribution in [0.1, 0.15) is 50.7 Å². The Morgan fingerprint density at radius 3 is 2.48 bits per heavy atom. The largest absolute Gasteiger partial charge is 0.345 e. The van der Waals surface area contributed by atoms with Crippen LogP contribution in [0.25, 0.3) is 22.2 Å². The van der Waals surface area contributed by atoms with Gasteiger partial charge in [0.2, 0.25) is 0 Å². The van der Waals surface area contributed by atoms with E-state index in [4.69, 9.17) is 0 Å². The summed E-state index contributed by atoms with van der Waals surface area (Å²) in [5, 5.41) is 3.75. The Balaban J connectivity index is 0.00000210. The molecule has 1 fully saturated rings. The number of hydrogen-bond donors (Lipinski definition) is 2. The van der Waals surface area contributed by atoms with E-state index >= 15 is 0 Å². The van der Waals surface area contributed by atoms with E-state index in [0.717, 1.165) is 17.6 Å². The van der Waals surface area contributed by atoms with E-state index in [1.807, 2.05) is 0 Å². The van der Waals surface area contributed by atoms with Gasteiger partial charge in [-0.2, -0.15) is 0 Å². The van der Waals surface area contributed by atoms with Gasteiger partial charge < -0.3 is 10.3 Å². The van der Waals surface area contributed by atoms with Gasteiger partial charge in [0.15, 0.2) is 0 Å². The molecule has 4 heteroatoms. The van der Waals surface area contributed by atoms with E-state index in [1.165, 1.54) is 47.9 Å². The minimum Gasteiger partial charge on any atom is -0.345 e. The number of benzene rings is 2. The molecule has 1 heterocycles. The number of nitrogens with zero attached hydrogens (tertiary/aromatic N) is 1. The molecule has 1 aromatic heterocycles. The predicted molar refractivity (Wildman–Crippen MR) is 116 cm³/mol. The summed E-state index contributed by atoms with van der Waals surface area (Å²) >= 11 is 0. The molecule has 27 heavy (non-hydrogen) atoms. The molecule has 0 unspecified atom stereocenters. The number of rotatable bonds is 4. The molecule has 0 aliphatic heterocycles. The van der Waals surface area contributed by atoms with Crippen molar-refractivity contribution in [3.05, 3.63) is 53.9 Å². The molecular formula is C23H30ClN3. The van der Waals surface area contributed by atoms with Crippen molar-refractivity contribution in [1.29, 1.82) is 0 Å². The Kier molecular flexibility index (Phi) is 5.92. The summed E-state index contributed by atoms with van der Waals surface area (Å²) in [5.74, 6) is 0. The zero-order valence-electron chi connectivity index (χ0n) is 16.5. The van der Waals surface area contributed by atoms with Crippen molar-refractivity contribution in [3.8, 4) is 11.1 Å². The van der Waals surface area contributed by atoms with Crippen LogP contribution in [0.4, 0.5) is 0 Å². The minimum absolute atomic E-state index is 0. The highest BCUT2D eigenvalue weighted by Gasteiger charge is 2.26. The van der Waals surface area contributed by atoms with Gasteiger partial charge in [0.05, 0.1) is 17.4 Å². The Hall–Kier alpha value is -1.84. The Morgan fingerprint density at radius 1 is 1.07 bits per heavy atom. The van der Waals surface area contributed by atoms with Gasteiger partial charge in [-0.3, -0.25) is 0 Å². The standard InChI is InChI=1S/C23H29N3.ClH/c1-16-12-19(13-21-22(16)26-15-25-21)18-6-4-17(5-7-18)14-24-20-8-10-23(2,3)11-9-20;/h4-7,12-13,15,20,24H,8-11,14H2,1-3H3,(H,25,26);1H. The van der Waals surface area contributed by atoms with Crippen LogP contribution < -0.4 is 5.32 Å². The molecule has 3 nitrogen and oxygen atoms in total. The quantitative estimate of drug-likeness (QED) is 0.578. The normalized spacial score (nSPS) is 17.0. The third-order valence-corrected chi connectivity index (χ3v) is 5.94. The number of imidazole rings is 1. The lowest BCUT2D eigenvalue weighted by atomic mass is 9.75. The van der Waals surface area contributed by atoms with Crippen molar-refractivity contribution in [2.24, 2.45) is 5.41 Å². The van der Waals surface area contributed by atoms with Crippen molar-refractivity contribution in [3.63, 3.8) is 0 Å². The van der Waals surface area contributed by atoms with Gasteiger partial charge in [0.25, 0.3) is 0 Å². The summed E-state index contributed by atoms with van der Waals surface area (Å²) < 4.78 is 0. The van der Waals surface area contributed by atoms with Gasteiger partial charge in [-0.1, -0.05) is 38.1 Å². The average Bonchev–Trinajstić information content (AvgIpc) is 3.10. The van der Waals surface area contributed by atoms with Gasteiger partial charge >= 0.3 is 0 Å². The molecule has 3 aromatic rings. The van der Waals surface area contributed by atoms with Crippen LogP contribution in [0.15, 0.2) is 42.7 Å². The summed E-state index contributed by atoms with van der Waals surface area (Å²) in [5.41, 5.74) is 7.77. The second-order valence-electron chi connectivity index (χ2n) is 8.61. The number of nitrogens with one attached hydrogen (secondary N) is 2. The lowest BCUT2D eigenvalue weighted by Gasteiger charge is -2.34. The lowest BCUT2D eigenvalue weighted by molar-refractivity contribution is 0.206. The van der Waals surface area contributed by atoms with Gasteiger partial charge in [0, 0.05) is 12.6 Å². The number of hydrogen-bond acceptors (Lipinski definition) is 2. The summed E-state index contributed by atoms with van der Waals surface area (Å²) in [6, 6.07) is 14.1. The van der Waals surface area contributed by atoms with Crippen LogP contribution >= 0.6 is 12.4 Å². The first kappa shape index (κ1) is 19.9. The van der Waals surface area contributed by atoms with Crippen molar-refractivity contribution in [1.82, 2.24) is 15.3 Å². The van der Waals surface area contributed by atoms with Gasteiger partial charge in [-0.25, -0.2) is 4.98 Å². The number of halogens is 1. The van der Waals surface area contributed by atoms with E-state index in [2.05, 4.69) is 72.5 Å². The van der Waals surface area contributed by atoms with Crippen LogP contribution in [-0.4, -0.2) is 16.0 Å². The van der Waals surface area contributed by atoms with Crippen LogP contribution in [0.5, 0.6) is 0 Å². The zero-order chi connectivity index (χ0) is 18.1. The van der Waals surface area contributed by atoms with Crippen molar-refractivity contribution >= 4 is 23.4 Å². The molecule has 144 valence electrons. The highest BCUT2D eigenvalue weighted by atomic mass is 35.5. The maximum atomic E-state index is 4.38. The maximum absolute atomic E-state index is 4.38. The second kappa shape index (κ2) is 8.04. The third kappa shape index (κ3) is 4.53.